The SMILES string of the molecule is C[C@H](O)[C@@H](CO)NC(=O)Oc1cnn2ccc(N3CCC[C@@H]3c3cc(F)ccc3F)nc12. The molecule has 3 heterocycles. The van der Waals surface area contributed by atoms with Crippen LogP contribution in [0.2, 0.25) is 0 Å². The summed E-state index contributed by atoms with van der Waals surface area (Å²) in [6.07, 6.45) is 2.51. The van der Waals surface area contributed by atoms with E-state index < -0.39 is 36.5 Å². The van der Waals surface area contributed by atoms with E-state index in [2.05, 4.69) is 15.4 Å². The normalized spacial score (nSPS) is 18.0. The molecular formula is C21H23F2N5O4. The van der Waals surface area contributed by atoms with Crippen molar-refractivity contribution in [1.82, 2.24) is 19.9 Å². The van der Waals surface area contributed by atoms with Crippen LogP contribution in [0.15, 0.2) is 36.7 Å². The highest BCUT2D eigenvalue weighted by Crippen LogP contribution is 2.37. The molecule has 1 aliphatic rings. The zero-order valence-electron chi connectivity index (χ0n) is 17.3. The molecule has 1 saturated heterocycles. The number of halogens is 2. The molecule has 1 aromatic carbocycles. The largest absolute Gasteiger partial charge is 0.413 e. The summed E-state index contributed by atoms with van der Waals surface area (Å²) >= 11 is 0. The third-order valence-electron chi connectivity index (χ3n) is 5.47. The van der Waals surface area contributed by atoms with Crippen LogP contribution < -0.4 is 15.0 Å². The number of benzene rings is 1. The van der Waals surface area contributed by atoms with Crippen molar-refractivity contribution in [2.45, 2.75) is 38.0 Å². The van der Waals surface area contributed by atoms with Crippen LogP contribution in [-0.2, 0) is 0 Å². The molecule has 0 spiro atoms. The Balaban J connectivity index is 1.59. The van der Waals surface area contributed by atoms with Gasteiger partial charge >= 0.3 is 6.09 Å². The van der Waals surface area contributed by atoms with Crippen molar-refractivity contribution < 1.29 is 28.5 Å². The molecule has 170 valence electrons. The number of hydrogen-bond acceptors (Lipinski definition) is 7. The Bertz CT molecular complexity index is 1120. The van der Waals surface area contributed by atoms with E-state index in [9.17, 15) is 23.8 Å². The lowest BCUT2D eigenvalue weighted by atomic mass is 10.0. The zero-order valence-corrected chi connectivity index (χ0v) is 17.3. The van der Waals surface area contributed by atoms with E-state index in [-0.39, 0.29) is 23.0 Å². The summed E-state index contributed by atoms with van der Waals surface area (Å²) in [6, 6.07) is 3.84. The maximum atomic E-state index is 14.4. The molecule has 0 aliphatic carbocycles. The first-order valence-electron chi connectivity index (χ1n) is 10.2. The minimum atomic E-state index is -0.975. The van der Waals surface area contributed by atoms with Crippen molar-refractivity contribution in [3.05, 3.63) is 53.9 Å². The van der Waals surface area contributed by atoms with Crippen molar-refractivity contribution >= 4 is 17.6 Å². The smallest absolute Gasteiger partial charge is 0.405 e. The predicted octanol–water partition coefficient (Wildman–Crippen LogP) is 2.18. The summed E-state index contributed by atoms with van der Waals surface area (Å²) < 4.78 is 34.8. The minimum Gasteiger partial charge on any atom is -0.405 e. The van der Waals surface area contributed by atoms with Crippen LogP contribution in [0.5, 0.6) is 5.75 Å². The van der Waals surface area contributed by atoms with Gasteiger partial charge in [-0.2, -0.15) is 5.10 Å². The number of amides is 1. The van der Waals surface area contributed by atoms with Crippen molar-refractivity contribution in [2.24, 2.45) is 0 Å². The average Bonchev–Trinajstić information content (AvgIpc) is 3.40. The van der Waals surface area contributed by atoms with Gasteiger partial charge in [0.05, 0.1) is 31.0 Å². The monoisotopic (exact) mass is 447 g/mol. The maximum Gasteiger partial charge on any atom is 0.413 e. The number of ether oxygens (including phenoxy) is 1. The molecule has 1 aliphatic heterocycles. The highest BCUT2D eigenvalue weighted by atomic mass is 19.1. The van der Waals surface area contributed by atoms with E-state index >= 15 is 0 Å². The molecule has 2 aromatic heterocycles. The Kier molecular flexibility index (Phi) is 6.19. The molecule has 3 aromatic rings. The van der Waals surface area contributed by atoms with E-state index in [0.717, 1.165) is 18.6 Å². The molecule has 3 N–H and O–H groups in total. The van der Waals surface area contributed by atoms with Crippen LogP contribution in [-0.4, -0.2) is 56.2 Å². The number of nitrogens with zero attached hydrogens (tertiary/aromatic N) is 4. The van der Waals surface area contributed by atoms with Gasteiger partial charge in [-0.25, -0.2) is 23.1 Å². The lowest BCUT2D eigenvalue weighted by Gasteiger charge is -2.26. The fraction of sp³-hybridized carbons (Fsp3) is 0.381. The summed E-state index contributed by atoms with van der Waals surface area (Å²) in [7, 11) is 0. The first-order chi connectivity index (χ1) is 15.4. The molecule has 11 heteroatoms. The fourth-order valence-corrected chi connectivity index (χ4v) is 3.80. The molecule has 4 rings (SSSR count). The first kappa shape index (κ1) is 21.9. The van der Waals surface area contributed by atoms with E-state index in [1.165, 1.54) is 23.7 Å². The van der Waals surface area contributed by atoms with Crippen LogP contribution in [0.25, 0.3) is 5.65 Å². The number of carbonyl (C=O) groups excluding carboxylic acids is 1. The van der Waals surface area contributed by atoms with Gasteiger partial charge in [0.2, 0.25) is 5.65 Å². The van der Waals surface area contributed by atoms with Gasteiger partial charge < -0.3 is 25.2 Å². The van der Waals surface area contributed by atoms with Crippen LogP contribution in [0.1, 0.15) is 31.4 Å². The molecule has 0 saturated carbocycles. The van der Waals surface area contributed by atoms with E-state index in [1.807, 2.05) is 4.90 Å². The number of carbonyl (C=O) groups is 1. The highest BCUT2D eigenvalue weighted by Gasteiger charge is 2.30. The number of fused-ring (bicyclic) bond motifs is 1. The number of nitrogens with one attached hydrogen (secondary N) is 1. The molecule has 1 fully saturated rings. The first-order valence-corrected chi connectivity index (χ1v) is 10.2. The third-order valence-corrected chi connectivity index (χ3v) is 5.47. The molecule has 0 radical (unpaired) electrons. The number of anilines is 1. The van der Waals surface area contributed by atoms with Gasteiger partial charge in [-0.15, -0.1) is 0 Å². The molecule has 3 atom stereocenters. The summed E-state index contributed by atoms with van der Waals surface area (Å²) in [5.74, 6) is -0.413. The van der Waals surface area contributed by atoms with Gasteiger partial charge in [-0.05, 0) is 44.0 Å². The third kappa shape index (κ3) is 4.34. The van der Waals surface area contributed by atoms with E-state index in [1.54, 1.807) is 12.3 Å². The Morgan fingerprint density at radius 3 is 2.94 bits per heavy atom. The van der Waals surface area contributed by atoms with Gasteiger partial charge in [-0.3, -0.25) is 0 Å². The quantitative estimate of drug-likeness (QED) is 0.531. The summed E-state index contributed by atoms with van der Waals surface area (Å²) in [6.45, 7) is 1.57. The Morgan fingerprint density at radius 2 is 2.19 bits per heavy atom. The van der Waals surface area contributed by atoms with Gasteiger partial charge in [0.15, 0.2) is 5.75 Å². The number of aromatic nitrogens is 3. The van der Waals surface area contributed by atoms with Gasteiger partial charge in [0, 0.05) is 18.3 Å². The van der Waals surface area contributed by atoms with Gasteiger partial charge in [0.25, 0.3) is 0 Å². The standard InChI is InChI=1S/C21H23F2N5O4/c1-12(30)16(11-29)25-21(31)32-18-10-24-28-8-6-19(26-20(18)28)27-7-2-3-17(27)14-9-13(22)4-5-15(14)23/h4-6,8-10,12,16-17,29-30H,2-3,7,11H2,1H3,(H,25,31)/t12-,16+,17+/m0/s1. The zero-order chi connectivity index (χ0) is 22.8. The second kappa shape index (κ2) is 9.05. The van der Waals surface area contributed by atoms with Gasteiger partial charge in [0.1, 0.15) is 17.5 Å². The topological polar surface area (TPSA) is 112 Å². The molecule has 0 unspecified atom stereocenters. The summed E-state index contributed by atoms with van der Waals surface area (Å²) in [5.41, 5.74) is 0.516. The molecule has 32 heavy (non-hydrogen) atoms. The van der Waals surface area contributed by atoms with Crippen LogP contribution in [0.4, 0.5) is 19.4 Å². The number of rotatable bonds is 6. The average molecular weight is 447 g/mol. The number of aliphatic hydroxyl groups excluding tert-OH is 2. The van der Waals surface area contributed by atoms with E-state index in [4.69, 9.17) is 4.74 Å². The van der Waals surface area contributed by atoms with Crippen LogP contribution in [0.3, 0.4) is 0 Å². The van der Waals surface area contributed by atoms with Crippen molar-refractivity contribution in [3.63, 3.8) is 0 Å². The lowest BCUT2D eigenvalue weighted by molar-refractivity contribution is 0.100. The van der Waals surface area contributed by atoms with Crippen molar-refractivity contribution in [3.8, 4) is 5.75 Å². The Hall–Kier alpha value is -3.31. The summed E-state index contributed by atoms with van der Waals surface area (Å²) in [4.78, 5) is 18.6. The molecule has 9 nitrogen and oxygen atoms in total. The lowest BCUT2D eigenvalue weighted by Crippen LogP contribution is -2.45. The van der Waals surface area contributed by atoms with Crippen molar-refractivity contribution in [1.29, 1.82) is 0 Å². The maximum absolute atomic E-state index is 14.4. The highest BCUT2D eigenvalue weighted by molar-refractivity contribution is 5.73. The molecule has 0 bridgehead atoms. The second-order valence-corrected chi connectivity index (χ2v) is 7.64. The fourth-order valence-electron chi connectivity index (χ4n) is 3.80. The molecule has 1 amide bonds. The number of hydrogen-bond donors (Lipinski definition) is 3. The Labute approximate surface area is 182 Å². The minimum absolute atomic E-state index is 0.0688. The van der Waals surface area contributed by atoms with Gasteiger partial charge in [-0.1, -0.05) is 0 Å². The summed E-state index contributed by atoms with van der Waals surface area (Å²) in [5, 5.41) is 25.3. The second-order valence-electron chi connectivity index (χ2n) is 7.64. The number of aliphatic hydroxyl groups is 2. The predicted molar refractivity (Wildman–Crippen MR) is 110 cm³/mol. The Morgan fingerprint density at radius 1 is 1.38 bits per heavy atom. The van der Waals surface area contributed by atoms with Crippen LogP contribution in [0, 0.1) is 11.6 Å². The van der Waals surface area contributed by atoms with Crippen LogP contribution >= 0.6 is 0 Å². The van der Waals surface area contributed by atoms with E-state index in [0.29, 0.717) is 18.8 Å². The van der Waals surface area contributed by atoms with Crippen molar-refractivity contribution in [2.75, 3.05) is 18.1 Å². The molecular weight excluding hydrogens is 424 g/mol.